The van der Waals surface area contributed by atoms with Gasteiger partial charge in [-0.1, -0.05) is 0 Å². The molecule has 0 aromatic rings. The first-order chi connectivity index (χ1) is 9.07. The summed E-state index contributed by atoms with van der Waals surface area (Å²) < 4.78 is 43.1. The molecular weight excluding hydrogens is 281 g/mol. The van der Waals surface area contributed by atoms with Crippen LogP contribution in [-0.2, 0) is 9.53 Å². The number of carboxylic acid groups (broad SMARTS) is 1. The number of carboxylic acids is 1. The number of hydrogen-bond acceptors (Lipinski definition) is 3. The Morgan fingerprint density at radius 3 is 2.30 bits per heavy atom. The first-order valence-electron chi connectivity index (χ1n) is 6.07. The molecule has 2 amide bonds. The van der Waals surface area contributed by atoms with Crippen LogP contribution in [0.25, 0.3) is 0 Å². The first-order valence-corrected chi connectivity index (χ1v) is 6.07. The Morgan fingerprint density at radius 2 is 1.90 bits per heavy atom. The second-order valence-electron chi connectivity index (χ2n) is 5.50. The molecule has 0 radical (unpaired) electrons. The summed E-state index contributed by atoms with van der Waals surface area (Å²) in [5, 5.41) is 10.5. The summed E-state index contributed by atoms with van der Waals surface area (Å²) in [5.74, 6) is -1.14. The highest BCUT2D eigenvalue weighted by Gasteiger charge is 2.65. The molecule has 0 aromatic carbocycles. The SMILES string of the molecule is CC1(OCC(=O)O)CN(C(=O)NC2(C(F)(F)F)CC2)C1. The van der Waals surface area contributed by atoms with Gasteiger partial charge in [0.2, 0.25) is 0 Å². The first kappa shape index (κ1) is 14.9. The van der Waals surface area contributed by atoms with Crippen molar-refractivity contribution in [3.8, 4) is 0 Å². The van der Waals surface area contributed by atoms with Gasteiger partial charge in [-0.15, -0.1) is 0 Å². The van der Waals surface area contributed by atoms with Crippen molar-refractivity contribution in [2.75, 3.05) is 19.7 Å². The van der Waals surface area contributed by atoms with E-state index in [1.54, 1.807) is 6.92 Å². The van der Waals surface area contributed by atoms with Crippen molar-refractivity contribution >= 4 is 12.0 Å². The Labute approximate surface area is 112 Å². The van der Waals surface area contributed by atoms with Gasteiger partial charge in [-0.25, -0.2) is 9.59 Å². The molecule has 0 spiro atoms. The van der Waals surface area contributed by atoms with Gasteiger partial charge in [-0.2, -0.15) is 13.2 Å². The summed E-state index contributed by atoms with van der Waals surface area (Å²) in [6, 6.07) is -0.795. The van der Waals surface area contributed by atoms with Crippen LogP contribution in [0, 0.1) is 0 Å². The molecule has 1 aliphatic carbocycles. The monoisotopic (exact) mass is 296 g/mol. The maximum Gasteiger partial charge on any atom is 0.411 e. The van der Waals surface area contributed by atoms with Gasteiger partial charge in [0.1, 0.15) is 17.7 Å². The lowest BCUT2D eigenvalue weighted by Gasteiger charge is -2.47. The van der Waals surface area contributed by atoms with E-state index in [-0.39, 0.29) is 25.9 Å². The van der Waals surface area contributed by atoms with E-state index >= 15 is 0 Å². The molecule has 1 aliphatic heterocycles. The number of ether oxygens (including phenoxy) is 1. The van der Waals surface area contributed by atoms with E-state index in [1.165, 1.54) is 4.90 Å². The lowest BCUT2D eigenvalue weighted by Crippen LogP contribution is -2.67. The van der Waals surface area contributed by atoms with Crippen molar-refractivity contribution in [2.24, 2.45) is 0 Å². The number of halogens is 3. The number of hydrogen-bond donors (Lipinski definition) is 2. The third-order valence-electron chi connectivity index (χ3n) is 3.52. The lowest BCUT2D eigenvalue weighted by atomic mass is 9.97. The molecule has 2 N–H and O–H groups in total. The minimum absolute atomic E-state index is 0.0695. The quantitative estimate of drug-likeness (QED) is 0.810. The smallest absolute Gasteiger partial charge is 0.411 e. The van der Waals surface area contributed by atoms with Crippen LogP contribution in [0.2, 0.25) is 0 Å². The van der Waals surface area contributed by atoms with Gasteiger partial charge in [-0.05, 0) is 19.8 Å². The van der Waals surface area contributed by atoms with Gasteiger partial charge in [0.25, 0.3) is 0 Å². The summed E-state index contributed by atoms with van der Waals surface area (Å²) in [6.07, 6.45) is -4.66. The number of carbonyl (C=O) groups excluding carboxylic acids is 1. The standard InChI is InChI=1S/C11H15F3N2O4/c1-9(20-4-7(17)18)5-16(6-9)8(19)15-10(2-3-10)11(12,13)14/h2-6H2,1H3,(H,15,19)(H,17,18). The van der Waals surface area contributed by atoms with E-state index in [2.05, 4.69) is 0 Å². The van der Waals surface area contributed by atoms with E-state index in [1.807, 2.05) is 5.32 Å². The zero-order chi connectivity index (χ0) is 15.2. The fraction of sp³-hybridized carbons (Fsp3) is 0.818. The van der Waals surface area contributed by atoms with Crippen LogP contribution in [0.5, 0.6) is 0 Å². The summed E-state index contributed by atoms with van der Waals surface area (Å²) in [6.45, 7) is 1.24. The van der Waals surface area contributed by atoms with Crippen molar-refractivity contribution < 1.29 is 32.6 Å². The van der Waals surface area contributed by atoms with Crippen LogP contribution in [0.4, 0.5) is 18.0 Å². The molecule has 0 atom stereocenters. The molecule has 0 aromatic heterocycles. The summed E-state index contributed by atoms with van der Waals surface area (Å²) in [7, 11) is 0. The van der Waals surface area contributed by atoms with Crippen LogP contribution < -0.4 is 5.32 Å². The Hall–Kier alpha value is -1.51. The number of urea groups is 1. The molecule has 2 fully saturated rings. The third kappa shape index (κ3) is 2.82. The zero-order valence-corrected chi connectivity index (χ0v) is 10.8. The van der Waals surface area contributed by atoms with Crippen molar-refractivity contribution in [3.05, 3.63) is 0 Å². The molecular formula is C11H15F3N2O4. The van der Waals surface area contributed by atoms with Crippen molar-refractivity contribution in [2.45, 2.75) is 37.1 Å². The van der Waals surface area contributed by atoms with E-state index in [0.717, 1.165) is 0 Å². The van der Waals surface area contributed by atoms with E-state index in [9.17, 15) is 22.8 Å². The van der Waals surface area contributed by atoms with Gasteiger partial charge in [-0.3, -0.25) is 0 Å². The fourth-order valence-electron chi connectivity index (χ4n) is 2.12. The number of rotatable bonds is 4. The highest BCUT2D eigenvalue weighted by Crippen LogP contribution is 2.49. The van der Waals surface area contributed by atoms with Gasteiger partial charge in [0.15, 0.2) is 0 Å². The van der Waals surface area contributed by atoms with Crippen molar-refractivity contribution in [1.82, 2.24) is 10.2 Å². The van der Waals surface area contributed by atoms with Crippen molar-refractivity contribution in [1.29, 1.82) is 0 Å². The number of nitrogens with one attached hydrogen (secondary N) is 1. The Bertz CT molecular complexity index is 428. The summed E-state index contributed by atoms with van der Waals surface area (Å²) in [4.78, 5) is 23.2. The largest absolute Gasteiger partial charge is 0.480 e. The molecule has 1 heterocycles. The molecule has 1 saturated heterocycles. The average molecular weight is 296 g/mol. The van der Waals surface area contributed by atoms with Crippen molar-refractivity contribution in [3.63, 3.8) is 0 Å². The molecule has 114 valence electrons. The van der Waals surface area contributed by atoms with E-state index in [0.29, 0.717) is 0 Å². The third-order valence-corrected chi connectivity index (χ3v) is 3.52. The highest BCUT2D eigenvalue weighted by molar-refractivity contribution is 5.77. The second kappa shape index (κ2) is 4.51. The molecule has 0 bridgehead atoms. The minimum Gasteiger partial charge on any atom is -0.480 e. The second-order valence-corrected chi connectivity index (χ2v) is 5.50. The van der Waals surface area contributed by atoms with Crippen LogP contribution >= 0.6 is 0 Å². The summed E-state index contributed by atoms with van der Waals surface area (Å²) >= 11 is 0. The average Bonchev–Trinajstić information content (AvgIpc) is 3.02. The van der Waals surface area contributed by atoms with Gasteiger partial charge < -0.3 is 20.1 Å². The predicted octanol–water partition coefficient (Wildman–Crippen LogP) is 0.966. The number of nitrogens with zero attached hydrogens (tertiary/aromatic N) is 1. The zero-order valence-electron chi connectivity index (χ0n) is 10.8. The molecule has 2 aliphatic rings. The number of alkyl halides is 3. The van der Waals surface area contributed by atoms with Crippen LogP contribution in [-0.4, -0.2) is 59.0 Å². The number of carbonyl (C=O) groups is 2. The van der Waals surface area contributed by atoms with E-state index < -0.39 is 35.9 Å². The van der Waals surface area contributed by atoms with E-state index in [4.69, 9.17) is 9.84 Å². The van der Waals surface area contributed by atoms with Crippen LogP contribution in [0.1, 0.15) is 19.8 Å². The lowest BCUT2D eigenvalue weighted by molar-refractivity contribution is -0.168. The molecule has 9 heteroatoms. The molecule has 0 unspecified atom stereocenters. The molecule has 6 nitrogen and oxygen atoms in total. The molecule has 20 heavy (non-hydrogen) atoms. The Balaban J connectivity index is 1.81. The minimum atomic E-state index is -4.45. The summed E-state index contributed by atoms with van der Waals surface area (Å²) in [5.41, 5.74) is -2.90. The molecule has 2 rings (SSSR count). The Kier molecular flexibility index (Phi) is 3.35. The van der Waals surface area contributed by atoms with Crippen LogP contribution in [0.15, 0.2) is 0 Å². The topological polar surface area (TPSA) is 78.9 Å². The molecule has 1 saturated carbocycles. The highest BCUT2D eigenvalue weighted by atomic mass is 19.4. The maximum absolute atomic E-state index is 12.7. The fourth-order valence-corrected chi connectivity index (χ4v) is 2.12. The number of amides is 2. The Morgan fingerprint density at radius 1 is 1.35 bits per heavy atom. The normalized spacial score (nSPS) is 22.9. The number of likely N-dealkylation sites (tertiary alicyclic amines) is 1. The number of aliphatic carboxylic acids is 1. The van der Waals surface area contributed by atoms with Gasteiger partial charge in [0.05, 0.1) is 13.1 Å². The maximum atomic E-state index is 12.7. The van der Waals surface area contributed by atoms with Gasteiger partial charge in [0, 0.05) is 0 Å². The predicted molar refractivity (Wildman–Crippen MR) is 60.1 cm³/mol. The van der Waals surface area contributed by atoms with Gasteiger partial charge >= 0.3 is 18.2 Å². The van der Waals surface area contributed by atoms with Crippen LogP contribution in [0.3, 0.4) is 0 Å².